The number of rotatable bonds is 1. The number of pyridine rings is 1. The standard InChI is InChI=1S/C14H14N2O2/c17-12-11(10-4-8-15-9-5-10)16-14(13(12)18)6-2-1-3-7-14/h4-5,8-9H,1-3,6-7H2. The quantitative estimate of drug-likeness (QED) is 0.704. The van der Waals surface area contributed by atoms with Crippen LogP contribution in [0, 0.1) is 0 Å². The number of hydrogen-bond donors (Lipinski definition) is 0. The number of ketones is 2. The Morgan fingerprint density at radius 2 is 1.67 bits per heavy atom. The molecule has 4 heteroatoms. The molecule has 3 rings (SSSR count). The molecule has 1 spiro atoms. The Morgan fingerprint density at radius 1 is 1.00 bits per heavy atom. The zero-order valence-corrected chi connectivity index (χ0v) is 10.1. The highest BCUT2D eigenvalue weighted by atomic mass is 16.2. The minimum Gasteiger partial charge on any atom is -0.288 e. The maximum atomic E-state index is 12.2. The van der Waals surface area contributed by atoms with Crippen LogP contribution in [-0.4, -0.2) is 27.8 Å². The van der Waals surface area contributed by atoms with E-state index in [1.165, 1.54) is 0 Å². The highest BCUT2D eigenvalue weighted by Crippen LogP contribution is 2.37. The zero-order chi connectivity index (χ0) is 12.6. The van der Waals surface area contributed by atoms with Crippen LogP contribution in [0.15, 0.2) is 29.5 Å². The lowest BCUT2D eigenvalue weighted by Gasteiger charge is -2.27. The second-order valence-corrected chi connectivity index (χ2v) is 4.95. The Morgan fingerprint density at radius 3 is 2.33 bits per heavy atom. The van der Waals surface area contributed by atoms with Crippen molar-refractivity contribution >= 4 is 17.3 Å². The summed E-state index contributed by atoms with van der Waals surface area (Å²) in [6.07, 6.45) is 7.74. The van der Waals surface area contributed by atoms with Crippen LogP contribution in [0.5, 0.6) is 0 Å². The van der Waals surface area contributed by atoms with Gasteiger partial charge >= 0.3 is 0 Å². The van der Waals surface area contributed by atoms with Gasteiger partial charge in [0.15, 0.2) is 0 Å². The number of nitrogens with zero attached hydrogens (tertiary/aromatic N) is 2. The van der Waals surface area contributed by atoms with E-state index >= 15 is 0 Å². The number of aromatic nitrogens is 1. The van der Waals surface area contributed by atoms with Gasteiger partial charge in [-0.05, 0) is 25.0 Å². The molecule has 1 fully saturated rings. The lowest BCUT2D eigenvalue weighted by molar-refractivity contribution is -0.135. The van der Waals surface area contributed by atoms with Gasteiger partial charge < -0.3 is 0 Å². The van der Waals surface area contributed by atoms with Crippen LogP contribution in [-0.2, 0) is 9.59 Å². The van der Waals surface area contributed by atoms with Crippen molar-refractivity contribution < 1.29 is 9.59 Å². The third-order valence-corrected chi connectivity index (χ3v) is 3.80. The van der Waals surface area contributed by atoms with Crippen molar-refractivity contribution in [3.8, 4) is 0 Å². The van der Waals surface area contributed by atoms with Crippen molar-refractivity contribution in [3.05, 3.63) is 30.1 Å². The third kappa shape index (κ3) is 1.60. The van der Waals surface area contributed by atoms with Gasteiger partial charge in [0.1, 0.15) is 11.3 Å². The highest BCUT2D eigenvalue weighted by molar-refractivity contribution is 6.72. The van der Waals surface area contributed by atoms with Crippen molar-refractivity contribution in [2.75, 3.05) is 0 Å². The lowest BCUT2D eigenvalue weighted by Crippen LogP contribution is -2.38. The van der Waals surface area contributed by atoms with Gasteiger partial charge in [-0.3, -0.25) is 19.6 Å². The molecule has 1 aliphatic carbocycles. The minimum atomic E-state index is -0.742. The molecule has 1 saturated carbocycles. The summed E-state index contributed by atoms with van der Waals surface area (Å²) >= 11 is 0. The maximum Gasteiger partial charge on any atom is 0.249 e. The number of aliphatic imine (C=N–C) groups is 1. The summed E-state index contributed by atoms with van der Waals surface area (Å²) in [7, 11) is 0. The normalized spacial score (nSPS) is 22.3. The van der Waals surface area contributed by atoms with Gasteiger partial charge in [0, 0.05) is 18.0 Å². The van der Waals surface area contributed by atoms with Gasteiger partial charge in [-0.1, -0.05) is 19.3 Å². The number of carbonyl (C=O) groups excluding carboxylic acids is 2. The Kier molecular flexibility index (Phi) is 2.58. The predicted octanol–water partition coefficient (Wildman–Crippen LogP) is 1.73. The zero-order valence-electron chi connectivity index (χ0n) is 10.1. The van der Waals surface area contributed by atoms with Crippen molar-refractivity contribution in [1.82, 2.24) is 4.98 Å². The molecule has 0 amide bonds. The van der Waals surface area contributed by atoms with Crippen LogP contribution >= 0.6 is 0 Å². The second kappa shape index (κ2) is 4.12. The van der Waals surface area contributed by atoms with Crippen LogP contribution in [0.3, 0.4) is 0 Å². The van der Waals surface area contributed by atoms with E-state index in [1.807, 2.05) is 0 Å². The fourth-order valence-corrected chi connectivity index (χ4v) is 2.82. The van der Waals surface area contributed by atoms with E-state index in [0.717, 1.165) is 19.3 Å². The molecule has 0 N–H and O–H groups in total. The molecule has 1 aromatic rings. The lowest BCUT2D eigenvalue weighted by atomic mass is 9.79. The Labute approximate surface area is 105 Å². The van der Waals surface area contributed by atoms with Gasteiger partial charge in [0.25, 0.3) is 0 Å². The van der Waals surface area contributed by atoms with Crippen molar-refractivity contribution in [2.45, 2.75) is 37.6 Å². The van der Waals surface area contributed by atoms with Crippen molar-refractivity contribution in [1.29, 1.82) is 0 Å². The van der Waals surface area contributed by atoms with E-state index in [2.05, 4.69) is 9.98 Å². The van der Waals surface area contributed by atoms with E-state index < -0.39 is 11.3 Å². The first-order chi connectivity index (χ1) is 8.73. The van der Waals surface area contributed by atoms with Crippen LogP contribution in [0.4, 0.5) is 0 Å². The van der Waals surface area contributed by atoms with Crippen LogP contribution in [0.2, 0.25) is 0 Å². The molecule has 1 aliphatic heterocycles. The Bertz CT molecular complexity index is 528. The van der Waals surface area contributed by atoms with Crippen molar-refractivity contribution in [2.24, 2.45) is 4.99 Å². The van der Waals surface area contributed by atoms with Crippen molar-refractivity contribution in [3.63, 3.8) is 0 Å². The fraction of sp³-hybridized carbons (Fsp3) is 0.429. The van der Waals surface area contributed by atoms with Crippen LogP contribution in [0.25, 0.3) is 0 Å². The topological polar surface area (TPSA) is 59.4 Å². The Balaban J connectivity index is 2.03. The number of carbonyl (C=O) groups is 2. The summed E-state index contributed by atoms with van der Waals surface area (Å²) in [6, 6.07) is 3.46. The average Bonchev–Trinajstić information content (AvgIpc) is 2.67. The van der Waals surface area contributed by atoms with E-state index in [9.17, 15) is 9.59 Å². The summed E-state index contributed by atoms with van der Waals surface area (Å²) in [5.74, 6) is -0.739. The van der Waals surface area contributed by atoms with Crippen LogP contribution < -0.4 is 0 Å². The molecule has 0 aromatic carbocycles. The molecule has 18 heavy (non-hydrogen) atoms. The molecular formula is C14H14N2O2. The monoisotopic (exact) mass is 242 g/mol. The summed E-state index contributed by atoms with van der Waals surface area (Å²) in [5, 5.41) is 0. The van der Waals surface area contributed by atoms with Gasteiger partial charge in [-0.2, -0.15) is 0 Å². The fourth-order valence-electron chi connectivity index (χ4n) is 2.82. The summed E-state index contributed by atoms with van der Waals surface area (Å²) in [6.45, 7) is 0. The van der Waals surface area contributed by atoms with E-state index in [-0.39, 0.29) is 5.78 Å². The number of Topliss-reactive ketones (excluding diaryl/α,β-unsaturated/α-hetero) is 2. The second-order valence-electron chi connectivity index (χ2n) is 4.95. The summed E-state index contributed by atoms with van der Waals surface area (Å²) in [5.41, 5.74) is 0.281. The third-order valence-electron chi connectivity index (χ3n) is 3.80. The largest absolute Gasteiger partial charge is 0.288 e. The molecular weight excluding hydrogens is 228 g/mol. The smallest absolute Gasteiger partial charge is 0.249 e. The Hall–Kier alpha value is -1.84. The van der Waals surface area contributed by atoms with Gasteiger partial charge in [0.05, 0.1) is 0 Å². The first-order valence-corrected chi connectivity index (χ1v) is 6.32. The average molecular weight is 242 g/mol. The van der Waals surface area contributed by atoms with Gasteiger partial charge in [0.2, 0.25) is 11.6 Å². The van der Waals surface area contributed by atoms with E-state index in [1.54, 1.807) is 24.5 Å². The van der Waals surface area contributed by atoms with E-state index in [0.29, 0.717) is 24.1 Å². The van der Waals surface area contributed by atoms with Crippen LogP contribution in [0.1, 0.15) is 37.7 Å². The summed E-state index contributed by atoms with van der Waals surface area (Å²) < 4.78 is 0. The minimum absolute atomic E-state index is 0.311. The maximum absolute atomic E-state index is 12.2. The molecule has 1 aromatic heterocycles. The molecule has 92 valence electrons. The molecule has 0 radical (unpaired) electrons. The molecule has 0 saturated heterocycles. The molecule has 0 atom stereocenters. The molecule has 2 aliphatic rings. The molecule has 2 heterocycles. The first kappa shape index (κ1) is 11.3. The molecule has 4 nitrogen and oxygen atoms in total. The number of hydrogen-bond acceptors (Lipinski definition) is 4. The van der Waals surface area contributed by atoms with Gasteiger partial charge in [-0.15, -0.1) is 0 Å². The van der Waals surface area contributed by atoms with E-state index in [4.69, 9.17) is 0 Å². The highest BCUT2D eigenvalue weighted by Gasteiger charge is 2.49. The predicted molar refractivity (Wildman–Crippen MR) is 66.6 cm³/mol. The van der Waals surface area contributed by atoms with Gasteiger partial charge in [-0.25, -0.2) is 0 Å². The summed E-state index contributed by atoms with van der Waals surface area (Å²) in [4.78, 5) is 32.7. The molecule has 0 bridgehead atoms. The first-order valence-electron chi connectivity index (χ1n) is 6.32. The SMILES string of the molecule is O=C1C(=O)C2(CCCCC2)N=C1c1ccncc1. The molecule has 0 unspecified atom stereocenters.